The van der Waals surface area contributed by atoms with Gasteiger partial charge in [-0.15, -0.1) is 11.3 Å². The molecule has 80 valence electrons. The van der Waals surface area contributed by atoms with Gasteiger partial charge in [-0.2, -0.15) is 0 Å². The minimum absolute atomic E-state index is 0.275. The lowest BCUT2D eigenvalue weighted by atomic mass is 9.85. The molecule has 0 fully saturated rings. The highest BCUT2D eigenvalue weighted by Crippen LogP contribution is 2.38. The maximum atomic E-state index is 3.42. The quantitative estimate of drug-likeness (QED) is 0.787. The van der Waals surface area contributed by atoms with Crippen molar-refractivity contribution < 1.29 is 0 Å². The molecule has 1 aromatic heterocycles. The van der Waals surface area contributed by atoms with Crippen molar-refractivity contribution in [1.82, 2.24) is 5.32 Å². The van der Waals surface area contributed by atoms with Crippen molar-refractivity contribution >= 4 is 11.3 Å². The van der Waals surface area contributed by atoms with Gasteiger partial charge >= 0.3 is 0 Å². The summed E-state index contributed by atoms with van der Waals surface area (Å²) in [5.41, 5.74) is 1.69. The van der Waals surface area contributed by atoms with Gasteiger partial charge in [-0.05, 0) is 37.9 Å². The fraction of sp³-hybridized carbons (Fsp3) is 0.667. The molecular weight excluding hydrogens is 190 g/mol. The summed E-state index contributed by atoms with van der Waals surface area (Å²) in [6.45, 7) is 11.2. The maximum absolute atomic E-state index is 3.42. The van der Waals surface area contributed by atoms with Crippen molar-refractivity contribution in [3.8, 4) is 0 Å². The molecule has 0 aliphatic heterocycles. The van der Waals surface area contributed by atoms with Crippen LogP contribution in [0.5, 0.6) is 0 Å². The minimum atomic E-state index is 0.275. The fourth-order valence-corrected chi connectivity index (χ4v) is 3.30. The van der Waals surface area contributed by atoms with Crippen molar-refractivity contribution in [2.45, 2.75) is 40.7 Å². The first-order valence-corrected chi connectivity index (χ1v) is 5.92. The molecule has 0 aliphatic rings. The summed E-state index contributed by atoms with van der Waals surface area (Å²) in [6, 6.07) is 2.73. The van der Waals surface area contributed by atoms with E-state index < -0.39 is 0 Å². The molecule has 1 atom stereocenters. The van der Waals surface area contributed by atoms with Crippen LogP contribution < -0.4 is 5.32 Å². The van der Waals surface area contributed by atoms with Crippen LogP contribution in [0.1, 0.15) is 42.1 Å². The molecule has 0 saturated carbocycles. The number of nitrogens with one attached hydrogen (secondary N) is 1. The average molecular weight is 211 g/mol. The molecule has 0 spiro atoms. The second-order valence-electron chi connectivity index (χ2n) is 4.99. The molecule has 0 aromatic carbocycles. The van der Waals surface area contributed by atoms with Crippen LogP contribution in [0.2, 0.25) is 0 Å². The topological polar surface area (TPSA) is 12.0 Å². The third-order valence-electron chi connectivity index (χ3n) is 2.50. The second-order valence-corrected chi connectivity index (χ2v) is 6.28. The number of aryl methyl sites for hydroxylation is 2. The molecule has 2 heteroatoms. The SMILES string of the molecule is CNC(c1sc(C)cc1C)C(C)(C)C. The van der Waals surface area contributed by atoms with E-state index in [1.807, 2.05) is 18.4 Å². The van der Waals surface area contributed by atoms with Crippen molar-refractivity contribution in [3.05, 3.63) is 21.4 Å². The van der Waals surface area contributed by atoms with E-state index in [0.29, 0.717) is 6.04 Å². The predicted molar refractivity (Wildman–Crippen MR) is 65.0 cm³/mol. The van der Waals surface area contributed by atoms with E-state index in [-0.39, 0.29) is 5.41 Å². The monoisotopic (exact) mass is 211 g/mol. The van der Waals surface area contributed by atoms with Crippen molar-refractivity contribution in [2.75, 3.05) is 7.05 Å². The molecule has 0 bridgehead atoms. The minimum Gasteiger partial charge on any atom is -0.312 e. The van der Waals surface area contributed by atoms with Crippen LogP contribution in [0.4, 0.5) is 0 Å². The van der Waals surface area contributed by atoms with Crippen LogP contribution in [-0.2, 0) is 0 Å². The number of hydrogen-bond acceptors (Lipinski definition) is 2. The first kappa shape index (κ1) is 11.7. The first-order chi connectivity index (χ1) is 6.36. The van der Waals surface area contributed by atoms with Gasteiger partial charge in [0.25, 0.3) is 0 Å². The van der Waals surface area contributed by atoms with E-state index in [2.05, 4.69) is 46.0 Å². The van der Waals surface area contributed by atoms with Gasteiger partial charge in [0.05, 0.1) is 0 Å². The second kappa shape index (κ2) is 4.03. The molecular formula is C12H21NS. The molecule has 14 heavy (non-hydrogen) atoms. The van der Waals surface area contributed by atoms with E-state index in [9.17, 15) is 0 Å². The first-order valence-electron chi connectivity index (χ1n) is 5.10. The van der Waals surface area contributed by atoms with E-state index in [1.165, 1.54) is 15.3 Å². The van der Waals surface area contributed by atoms with E-state index in [1.54, 1.807) is 0 Å². The lowest BCUT2D eigenvalue weighted by molar-refractivity contribution is 0.290. The molecule has 0 radical (unpaired) electrons. The standard InChI is InChI=1S/C12H21NS/c1-8-7-9(2)14-10(8)11(13-6)12(3,4)5/h7,11,13H,1-6H3. The summed E-state index contributed by atoms with van der Waals surface area (Å²) < 4.78 is 0. The van der Waals surface area contributed by atoms with E-state index in [0.717, 1.165) is 0 Å². The van der Waals surface area contributed by atoms with Gasteiger partial charge in [0, 0.05) is 15.8 Å². The van der Waals surface area contributed by atoms with Crippen LogP contribution in [0, 0.1) is 19.3 Å². The lowest BCUT2D eigenvalue weighted by Crippen LogP contribution is -2.29. The van der Waals surface area contributed by atoms with Gasteiger partial charge < -0.3 is 5.32 Å². The zero-order valence-electron chi connectivity index (χ0n) is 10.1. The Bertz CT molecular complexity index is 307. The Morgan fingerprint density at radius 3 is 2.14 bits per heavy atom. The number of thiophene rings is 1. The van der Waals surface area contributed by atoms with Crippen LogP contribution in [0.25, 0.3) is 0 Å². The Kier molecular flexibility index (Phi) is 3.38. The van der Waals surface area contributed by atoms with Crippen LogP contribution in [-0.4, -0.2) is 7.05 Å². The Hall–Kier alpha value is -0.340. The molecule has 1 nitrogen and oxygen atoms in total. The molecule has 0 aliphatic carbocycles. The molecule has 0 saturated heterocycles. The maximum Gasteiger partial charge on any atom is 0.0464 e. The molecule has 1 aromatic rings. The Balaban J connectivity index is 3.07. The van der Waals surface area contributed by atoms with Gasteiger partial charge in [-0.25, -0.2) is 0 Å². The highest BCUT2D eigenvalue weighted by atomic mass is 32.1. The Labute approximate surface area is 91.5 Å². The molecule has 0 amide bonds. The van der Waals surface area contributed by atoms with Gasteiger partial charge in [-0.3, -0.25) is 0 Å². The third-order valence-corrected chi connectivity index (χ3v) is 3.71. The summed E-state index contributed by atoms with van der Waals surface area (Å²) in [4.78, 5) is 2.89. The largest absolute Gasteiger partial charge is 0.312 e. The highest BCUT2D eigenvalue weighted by molar-refractivity contribution is 7.12. The van der Waals surface area contributed by atoms with Crippen LogP contribution in [0.15, 0.2) is 6.07 Å². The highest BCUT2D eigenvalue weighted by Gasteiger charge is 2.27. The summed E-state index contributed by atoms with van der Waals surface area (Å²) in [7, 11) is 2.05. The Morgan fingerprint density at radius 2 is 1.86 bits per heavy atom. The lowest BCUT2D eigenvalue weighted by Gasteiger charge is -2.30. The molecule has 1 heterocycles. The van der Waals surface area contributed by atoms with Gasteiger partial charge in [0.2, 0.25) is 0 Å². The van der Waals surface area contributed by atoms with Crippen molar-refractivity contribution in [2.24, 2.45) is 5.41 Å². The van der Waals surface area contributed by atoms with E-state index in [4.69, 9.17) is 0 Å². The smallest absolute Gasteiger partial charge is 0.0464 e. The summed E-state index contributed by atoms with van der Waals surface area (Å²) in [6.07, 6.45) is 0. The average Bonchev–Trinajstić information content (AvgIpc) is 2.29. The summed E-state index contributed by atoms with van der Waals surface area (Å²) in [5.74, 6) is 0. The van der Waals surface area contributed by atoms with E-state index >= 15 is 0 Å². The summed E-state index contributed by atoms with van der Waals surface area (Å²) >= 11 is 1.91. The van der Waals surface area contributed by atoms with Crippen molar-refractivity contribution in [3.63, 3.8) is 0 Å². The molecule has 1 N–H and O–H groups in total. The summed E-state index contributed by atoms with van der Waals surface area (Å²) in [5, 5.41) is 3.42. The Morgan fingerprint density at radius 1 is 1.29 bits per heavy atom. The molecule has 1 unspecified atom stereocenters. The number of hydrogen-bond donors (Lipinski definition) is 1. The van der Waals surface area contributed by atoms with Crippen LogP contribution in [0.3, 0.4) is 0 Å². The van der Waals surface area contributed by atoms with Crippen LogP contribution >= 0.6 is 11.3 Å². The zero-order chi connectivity index (χ0) is 10.9. The third kappa shape index (κ3) is 2.37. The van der Waals surface area contributed by atoms with Crippen molar-refractivity contribution in [1.29, 1.82) is 0 Å². The normalized spacial score (nSPS) is 14.4. The zero-order valence-corrected chi connectivity index (χ0v) is 10.9. The van der Waals surface area contributed by atoms with Gasteiger partial charge in [0.1, 0.15) is 0 Å². The predicted octanol–water partition coefficient (Wildman–Crippen LogP) is 3.67. The van der Waals surface area contributed by atoms with Gasteiger partial charge in [-0.1, -0.05) is 20.8 Å². The fourth-order valence-electron chi connectivity index (χ4n) is 1.90. The number of rotatable bonds is 2. The van der Waals surface area contributed by atoms with Gasteiger partial charge in [0.15, 0.2) is 0 Å². The molecule has 1 rings (SSSR count).